The van der Waals surface area contributed by atoms with Crippen LogP contribution in [0.4, 0.5) is 5.69 Å². The minimum atomic E-state index is -0.250. The lowest BCUT2D eigenvalue weighted by molar-refractivity contribution is -0.119. The highest BCUT2D eigenvalue weighted by Gasteiger charge is 2.19. The number of allylic oxidation sites excluding steroid dienone is 3. The zero-order valence-electron chi connectivity index (χ0n) is 21.8. The number of hydrogen-bond donors (Lipinski definition) is 3. The molecule has 1 aliphatic heterocycles. The van der Waals surface area contributed by atoms with Gasteiger partial charge >= 0.3 is 0 Å². The number of nitrogens with zero attached hydrogens (tertiary/aromatic N) is 2. The molecule has 8 nitrogen and oxygen atoms in total. The summed E-state index contributed by atoms with van der Waals surface area (Å²) in [6, 6.07) is 12.2. The van der Waals surface area contributed by atoms with Gasteiger partial charge in [-0.25, -0.2) is 0 Å². The van der Waals surface area contributed by atoms with Gasteiger partial charge in [-0.2, -0.15) is 0 Å². The van der Waals surface area contributed by atoms with Gasteiger partial charge in [0.15, 0.2) is 0 Å². The molecular formula is C30H37N5O3. The van der Waals surface area contributed by atoms with E-state index in [-0.39, 0.29) is 17.7 Å². The minimum absolute atomic E-state index is 0.0663. The fourth-order valence-corrected chi connectivity index (χ4v) is 3.66. The molecule has 38 heavy (non-hydrogen) atoms. The molecule has 200 valence electrons. The Kier molecular flexibility index (Phi) is 11.3. The van der Waals surface area contributed by atoms with Crippen LogP contribution in [0.5, 0.6) is 5.75 Å². The van der Waals surface area contributed by atoms with Crippen LogP contribution in [-0.2, 0) is 4.79 Å². The Labute approximate surface area is 224 Å². The van der Waals surface area contributed by atoms with Crippen molar-refractivity contribution in [3.63, 3.8) is 0 Å². The van der Waals surface area contributed by atoms with E-state index in [0.29, 0.717) is 48.6 Å². The second-order valence-corrected chi connectivity index (χ2v) is 9.15. The predicted octanol–water partition coefficient (Wildman–Crippen LogP) is 4.40. The van der Waals surface area contributed by atoms with Crippen LogP contribution in [0.25, 0.3) is 0 Å². The van der Waals surface area contributed by atoms with Crippen molar-refractivity contribution in [3.8, 4) is 5.75 Å². The Balaban J connectivity index is 0.00000124. The average Bonchev–Trinajstić information content (AvgIpc) is 3.83. The van der Waals surface area contributed by atoms with E-state index in [1.54, 1.807) is 47.5 Å². The van der Waals surface area contributed by atoms with Gasteiger partial charge in [0.05, 0.1) is 12.3 Å². The van der Waals surface area contributed by atoms with Crippen molar-refractivity contribution in [1.29, 1.82) is 5.41 Å². The molecule has 1 saturated carbocycles. The summed E-state index contributed by atoms with van der Waals surface area (Å²) in [4.78, 5) is 29.3. The summed E-state index contributed by atoms with van der Waals surface area (Å²) in [7, 11) is 0. The van der Waals surface area contributed by atoms with Gasteiger partial charge in [0.2, 0.25) is 6.41 Å². The van der Waals surface area contributed by atoms with E-state index in [1.807, 2.05) is 24.3 Å². The molecule has 0 spiro atoms. The second-order valence-electron chi connectivity index (χ2n) is 9.15. The van der Waals surface area contributed by atoms with Gasteiger partial charge < -0.3 is 20.7 Å². The molecule has 0 unspecified atom stereocenters. The zero-order valence-corrected chi connectivity index (χ0v) is 21.8. The molecule has 1 aliphatic carbocycles. The maximum atomic E-state index is 12.5. The predicted molar refractivity (Wildman–Crippen MR) is 153 cm³/mol. The molecule has 1 saturated heterocycles. The summed E-state index contributed by atoms with van der Waals surface area (Å²) in [5.41, 5.74) is 8.35. The van der Waals surface area contributed by atoms with Gasteiger partial charge in [0, 0.05) is 61.1 Å². The van der Waals surface area contributed by atoms with Crippen LogP contribution in [0.15, 0.2) is 72.3 Å². The van der Waals surface area contributed by atoms with Crippen LogP contribution in [-0.4, -0.2) is 61.4 Å². The number of nitrogens with one attached hydrogen (secondary N) is 2. The van der Waals surface area contributed by atoms with Gasteiger partial charge in [-0.3, -0.25) is 20.0 Å². The molecule has 8 heteroatoms. The third-order valence-corrected chi connectivity index (χ3v) is 5.97. The first-order chi connectivity index (χ1) is 18.5. The number of piperidine rings is 1. The standard InChI is InChI=1S/C27H31N5O3.C3H6/c1-2-3-4-13-30-14-15-31-27(34)21-7-10-25(28)24(18-21)26(29)20-5-8-22(9-6-20)35-23-11-16-32(19-33)17-12-23;1-2-3-1/h2-10,13,18-19,23,29H,1,11-12,14-17,28H2,(H,31,34);1-3H2/b4-3-,29-26?,30-13?;. The number of likely N-dealkylation sites (tertiary alicyclic amines) is 1. The average molecular weight is 516 g/mol. The number of carbonyl (C=O) groups excluding carboxylic acids is 2. The van der Waals surface area contributed by atoms with Gasteiger partial charge in [-0.05, 0) is 48.5 Å². The molecular weight excluding hydrogens is 478 g/mol. The lowest BCUT2D eigenvalue weighted by Crippen LogP contribution is -2.37. The first-order valence-electron chi connectivity index (χ1n) is 13.0. The van der Waals surface area contributed by atoms with E-state index in [2.05, 4.69) is 16.9 Å². The molecule has 2 fully saturated rings. The Morgan fingerprint density at radius 2 is 1.79 bits per heavy atom. The maximum absolute atomic E-state index is 12.5. The Hall–Kier alpha value is -4.20. The van der Waals surface area contributed by atoms with Crippen LogP contribution < -0.4 is 15.8 Å². The van der Waals surface area contributed by atoms with Crippen LogP contribution >= 0.6 is 0 Å². The third kappa shape index (κ3) is 9.35. The number of nitrogen functional groups attached to an aromatic ring is 1. The smallest absolute Gasteiger partial charge is 0.251 e. The highest BCUT2D eigenvalue weighted by molar-refractivity contribution is 6.14. The number of carbonyl (C=O) groups is 2. The highest BCUT2D eigenvalue weighted by Crippen LogP contribution is 2.23. The summed E-state index contributed by atoms with van der Waals surface area (Å²) in [5.74, 6) is 0.468. The molecule has 1 heterocycles. The lowest BCUT2D eigenvalue weighted by atomic mass is 9.98. The second kappa shape index (κ2) is 15.1. The summed E-state index contributed by atoms with van der Waals surface area (Å²) in [5, 5.41) is 11.5. The van der Waals surface area contributed by atoms with Gasteiger partial charge in [0.1, 0.15) is 11.9 Å². The van der Waals surface area contributed by atoms with E-state index < -0.39 is 0 Å². The molecule has 2 aliphatic rings. The number of nitrogens with two attached hydrogens (primary N) is 1. The Morgan fingerprint density at radius 3 is 2.42 bits per heavy atom. The van der Waals surface area contributed by atoms with Crippen LogP contribution in [0, 0.1) is 5.41 Å². The fraction of sp³-hybridized carbons (Fsp3) is 0.333. The molecule has 0 atom stereocenters. The van der Waals surface area contributed by atoms with Crippen LogP contribution in [0.2, 0.25) is 0 Å². The van der Waals surface area contributed by atoms with Crippen LogP contribution in [0.3, 0.4) is 0 Å². The number of aliphatic imine (C=N–C) groups is 1. The number of amides is 2. The topological polar surface area (TPSA) is 121 Å². The van der Waals surface area contributed by atoms with Crippen molar-refractivity contribution in [3.05, 3.63) is 84.0 Å². The lowest BCUT2D eigenvalue weighted by Gasteiger charge is -2.29. The minimum Gasteiger partial charge on any atom is -0.490 e. The molecule has 0 radical (unpaired) electrons. The highest BCUT2D eigenvalue weighted by atomic mass is 16.5. The number of rotatable bonds is 11. The number of hydrogen-bond acceptors (Lipinski definition) is 6. The number of benzene rings is 2. The first-order valence-corrected chi connectivity index (χ1v) is 13.0. The normalized spacial score (nSPS) is 15.0. The molecule has 0 bridgehead atoms. The number of anilines is 1. The summed E-state index contributed by atoms with van der Waals surface area (Å²) in [6.45, 7) is 5.82. The maximum Gasteiger partial charge on any atom is 0.251 e. The largest absolute Gasteiger partial charge is 0.490 e. The van der Waals surface area contributed by atoms with Crippen molar-refractivity contribution in [2.45, 2.75) is 38.2 Å². The van der Waals surface area contributed by atoms with Crippen molar-refractivity contribution in [2.75, 3.05) is 31.9 Å². The van der Waals surface area contributed by atoms with Crippen molar-refractivity contribution >= 4 is 29.9 Å². The summed E-state index contributed by atoms with van der Waals surface area (Å²) < 4.78 is 6.03. The Bertz CT molecular complexity index is 1140. The van der Waals surface area contributed by atoms with Crippen LogP contribution in [0.1, 0.15) is 53.6 Å². The van der Waals surface area contributed by atoms with E-state index in [0.717, 1.165) is 25.0 Å². The quantitative estimate of drug-likeness (QED) is 0.135. The number of ether oxygens (including phenoxy) is 1. The first kappa shape index (κ1) is 28.4. The van der Waals surface area contributed by atoms with E-state index >= 15 is 0 Å². The molecule has 4 N–H and O–H groups in total. The third-order valence-electron chi connectivity index (χ3n) is 5.97. The van der Waals surface area contributed by atoms with Gasteiger partial charge in [-0.15, -0.1) is 0 Å². The van der Waals surface area contributed by atoms with Crippen molar-refractivity contribution < 1.29 is 14.3 Å². The van der Waals surface area contributed by atoms with Crippen molar-refractivity contribution in [1.82, 2.24) is 10.2 Å². The molecule has 2 aromatic rings. The van der Waals surface area contributed by atoms with E-state index in [4.69, 9.17) is 15.9 Å². The van der Waals surface area contributed by atoms with Crippen molar-refractivity contribution in [2.24, 2.45) is 4.99 Å². The summed E-state index contributed by atoms with van der Waals surface area (Å²) >= 11 is 0. The Morgan fingerprint density at radius 1 is 1.11 bits per heavy atom. The molecule has 4 rings (SSSR count). The molecule has 0 aromatic heterocycles. The van der Waals surface area contributed by atoms with Gasteiger partial charge in [0.25, 0.3) is 5.91 Å². The SMILES string of the molecule is C1CC1.C=C/C=C\C=NCCNC(=O)c1ccc(N)c(C(=N)c2ccc(OC3CCN(C=O)CC3)cc2)c1. The summed E-state index contributed by atoms with van der Waals surface area (Å²) in [6.07, 6.45) is 13.9. The van der Waals surface area contributed by atoms with E-state index in [1.165, 1.54) is 19.3 Å². The molecule has 2 amide bonds. The van der Waals surface area contributed by atoms with Gasteiger partial charge in [-0.1, -0.05) is 38.0 Å². The van der Waals surface area contributed by atoms with E-state index in [9.17, 15) is 9.59 Å². The monoisotopic (exact) mass is 515 g/mol. The molecule has 2 aromatic carbocycles. The fourth-order valence-electron chi connectivity index (χ4n) is 3.66. The zero-order chi connectivity index (χ0) is 27.2.